The van der Waals surface area contributed by atoms with Gasteiger partial charge in [-0.25, -0.2) is 0 Å². The van der Waals surface area contributed by atoms with Crippen LogP contribution in [0.4, 0.5) is 0 Å². The Bertz CT molecular complexity index is 399. The minimum absolute atomic E-state index is 0.407. The third kappa shape index (κ3) is 3.83. The van der Waals surface area contributed by atoms with Crippen molar-refractivity contribution in [1.29, 1.82) is 0 Å². The number of aryl methyl sites for hydroxylation is 1. The second-order valence-corrected chi connectivity index (χ2v) is 6.03. The summed E-state index contributed by atoms with van der Waals surface area (Å²) in [6.07, 6.45) is 4.07. The van der Waals surface area contributed by atoms with Gasteiger partial charge in [0.2, 0.25) is 0 Å². The third-order valence-electron chi connectivity index (χ3n) is 4.45. The maximum absolute atomic E-state index is 6.02. The van der Waals surface area contributed by atoms with Crippen molar-refractivity contribution in [3.8, 4) is 0 Å². The molecule has 1 saturated carbocycles. The Labute approximate surface area is 116 Å². The molecule has 0 amide bonds. The van der Waals surface area contributed by atoms with E-state index in [4.69, 9.17) is 9.15 Å². The summed E-state index contributed by atoms with van der Waals surface area (Å²) in [6.45, 7) is 8.16. The van der Waals surface area contributed by atoms with Crippen LogP contribution in [-0.2, 0) is 17.9 Å². The van der Waals surface area contributed by atoms with Gasteiger partial charge >= 0.3 is 0 Å². The van der Waals surface area contributed by atoms with Gasteiger partial charge in [0.1, 0.15) is 18.1 Å². The zero-order chi connectivity index (χ0) is 13.8. The summed E-state index contributed by atoms with van der Waals surface area (Å²) in [4.78, 5) is 0. The van der Waals surface area contributed by atoms with Gasteiger partial charge in [0, 0.05) is 12.1 Å². The van der Waals surface area contributed by atoms with Crippen LogP contribution >= 0.6 is 0 Å². The highest BCUT2D eigenvalue weighted by atomic mass is 16.5. The Morgan fingerprint density at radius 3 is 2.79 bits per heavy atom. The van der Waals surface area contributed by atoms with Crippen molar-refractivity contribution >= 4 is 0 Å². The predicted molar refractivity (Wildman–Crippen MR) is 77.0 cm³/mol. The van der Waals surface area contributed by atoms with Crippen LogP contribution in [0.15, 0.2) is 10.5 Å². The summed E-state index contributed by atoms with van der Waals surface area (Å²) in [7, 11) is 1.95. The van der Waals surface area contributed by atoms with E-state index in [0.717, 1.165) is 29.9 Å². The van der Waals surface area contributed by atoms with Crippen molar-refractivity contribution < 1.29 is 9.15 Å². The minimum Gasteiger partial charge on any atom is -0.464 e. The number of rotatable bonds is 5. The fourth-order valence-corrected chi connectivity index (χ4v) is 2.87. The van der Waals surface area contributed by atoms with Gasteiger partial charge < -0.3 is 14.5 Å². The summed E-state index contributed by atoms with van der Waals surface area (Å²) in [5.74, 6) is 3.57. The molecular formula is C16H27NO2. The van der Waals surface area contributed by atoms with E-state index in [9.17, 15) is 0 Å². The zero-order valence-corrected chi connectivity index (χ0v) is 12.7. The number of ether oxygens (including phenoxy) is 1. The van der Waals surface area contributed by atoms with Gasteiger partial charge in [0.05, 0.1) is 6.10 Å². The number of furan rings is 1. The van der Waals surface area contributed by atoms with Crippen LogP contribution in [0.3, 0.4) is 0 Å². The number of nitrogens with one attached hydrogen (secondary N) is 1. The molecular weight excluding hydrogens is 238 g/mol. The SMILES string of the molecule is CNCc1cc(COC2CCC(C)C(C)C2)oc1C. The van der Waals surface area contributed by atoms with Gasteiger partial charge in [0.15, 0.2) is 0 Å². The molecule has 1 aromatic rings. The predicted octanol–water partition coefficient (Wildman–Crippen LogP) is 3.65. The molecule has 0 saturated heterocycles. The van der Waals surface area contributed by atoms with Gasteiger partial charge in [-0.15, -0.1) is 0 Å². The van der Waals surface area contributed by atoms with Gasteiger partial charge in [-0.3, -0.25) is 0 Å². The van der Waals surface area contributed by atoms with E-state index in [1.807, 2.05) is 14.0 Å². The first-order chi connectivity index (χ1) is 9.10. The van der Waals surface area contributed by atoms with Crippen LogP contribution in [0.1, 0.15) is 50.2 Å². The quantitative estimate of drug-likeness (QED) is 0.882. The van der Waals surface area contributed by atoms with Gasteiger partial charge in [-0.1, -0.05) is 13.8 Å². The topological polar surface area (TPSA) is 34.4 Å². The molecule has 3 atom stereocenters. The van der Waals surface area contributed by atoms with Crippen LogP contribution in [-0.4, -0.2) is 13.2 Å². The van der Waals surface area contributed by atoms with Crippen molar-refractivity contribution in [2.45, 2.75) is 59.3 Å². The monoisotopic (exact) mass is 265 g/mol. The molecule has 1 heterocycles. The average molecular weight is 265 g/mol. The Hall–Kier alpha value is -0.800. The Balaban J connectivity index is 1.83. The second kappa shape index (κ2) is 6.58. The Kier molecular flexibility index (Phi) is 5.06. The maximum Gasteiger partial charge on any atom is 0.130 e. The minimum atomic E-state index is 0.407. The highest BCUT2D eigenvalue weighted by Gasteiger charge is 2.25. The zero-order valence-electron chi connectivity index (χ0n) is 12.7. The van der Waals surface area contributed by atoms with Crippen molar-refractivity contribution in [3.63, 3.8) is 0 Å². The van der Waals surface area contributed by atoms with Crippen molar-refractivity contribution in [2.24, 2.45) is 11.8 Å². The van der Waals surface area contributed by atoms with Gasteiger partial charge in [-0.05, 0) is 51.1 Å². The fourth-order valence-electron chi connectivity index (χ4n) is 2.87. The number of hydrogen-bond acceptors (Lipinski definition) is 3. The lowest BCUT2D eigenvalue weighted by molar-refractivity contribution is -0.0141. The smallest absolute Gasteiger partial charge is 0.130 e. The molecule has 0 aromatic carbocycles. The van der Waals surface area contributed by atoms with Crippen molar-refractivity contribution in [1.82, 2.24) is 5.32 Å². The lowest BCUT2D eigenvalue weighted by Gasteiger charge is -2.31. The molecule has 3 nitrogen and oxygen atoms in total. The lowest BCUT2D eigenvalue weighted by atomic mass is 9.80. The first kappa shape index (κ1) is 14.6. The van der Waals surface area contributed by atoms with Crippen LogP contribution in [0.5, 0.6) is 0 Å². The van der Waals surface area contributed by atoms with Crippen molar-refractivity contribution in [2.75, 3.05) is 7.05 Å². The molecule has 3 unspecified atom stereocenters. The molecule has 1 N–H and O–H groups in total. The molecule has 1 aliphatic rings. The van der Waals surface area contributed by atoms with Crippen LogP contribution in [0, 0.1) is 18.8 Å². The second-order valence-electron chi connectivity index (χ2n) is 6.03. The molecule has 19 heavy (non-hydrogen) atoms. The van der Waals surface area contributed by atoms with Crippen LogP contribution in [0.2, 0.25) is 0 Å². The van der Waals surface area contributed by atoms with Gasteiger partial charge in [0.25, 0.3) is 0 Å². The molecule has 2 rings (SSSR count). The molecule has 1 fully saturated rings. The Morgan fingerprint density at radius 1 is 1.32 bits per heavy atom. The summed E-state index contributed by atoms with van der Waals surface area (Å²) < 4.78 is 11.8. The highest BCUT2D eigenvalue weighted by molar-refractivity contribution is 5.20. The summed E-state index contributed by atoms with van der Waals surface area (Å²) >= 11 is 0. The fraction of sp³-hybridized carbons (Fsp3) is 0.750. The molecule has 0 radical (unpaired) electrons. The van der Waals surface area contributed by atoms with E-state index in [2.05, 4.69) is 25.2 Å². The average Bonchev–Trinajstić information content (AvgIpc) is 2.72. The van der Waals surface area contributed by atoms with Crippen LogP contribution in [0.25, 0.3) is 0 Å². The largest absolute Gasteiger partial charge is 0.464 e. The molecule has 3 heteroatoms. The third-order valence-corrected chi connectivity index (χ3v) is 4.45. The molecule has 0 spiro atoms. The summed E-state index contributed by atoms with van der Waals surface area (Å²) in [5.41, 5.74) is 1.23. The van der Waals surface area contributed by atoms with E-state index >= 15 is 0 Å². The van der Waals surface area contributed by atoms with Crippen LogP contribution < -0.4 is 5.32 Å². The van der Waals surface area contributed by atoms with Gasteiger partial charge in [-0.2, -0.15) is 0 Å². The van der Waals surface area contributed by atoms with Crippen molar-refractivity contribution in [3.05, 3.63) is 23.2 Å². The van der Waals surface area contributed by atoms with E-state index in [1.54, 1.807) is 0 Å². The lowest BCUT2D eigenvalue weighted by Crippen LogP contribution is -2.26. The summed E-state index contributed by atoms with van der Waals surface area (Å²) in [5, 5.41) is 3.15. The normalized spacial score (nSPS) is 27.7. The van der Waals surface area contributed by atoms with E-state index in [1.165, 1.54) is 24.8 Å². The molecule has 1 aliphatic carbocycles. The van der Waals surface area contributed by atoms with E-state index in [-0.39, 0.29) is 0 Å². The highest BCUT2D eigenvalue weighted by Crippen LogP contribution is 2.31. The molecule has 0 aliphatic heterocycles. The van der Waals surface area contributed by atoms with E-state index < -0.39 is 0 Å². The van der Waals surface area contributed by atoms with E-state index in [0.29, 0.717) is 12.7 Å². The molecule has 1 aromatic heterocycles. The first-order valence-corrected chi connectivity index (χ1v) is 7.44. The first-order valence-electron chi connectivity index (χ1n) is 7.44. The standard InChI is InChI=1S/C16H27NO2/c1-11-5-6-15(7-12(11)2)18-10-16-8-14(9-17-4)13(3)19-16/h8,11-12,15,17H,5-7,9-10H2,1-4H3. The molecule has 0 bridgehead atoms. The Morgan fingerprint density at radius 2 is 2.11 bits per heavy atom. The summed E-state index contributed by atoms with van der Waals surface area (Å²) in [6, 6.07) is 2.11. The number of hydrogen-bond donors (Lipinski definition) is 1. The maximum atomic E-state index is 6.02. The molecule has 108 valence electrons.